The molecule has 0 fully saturated rings. The number of phenols is 1. The second kappa shape index (κ2) is 6.10. The van der Waals surface area contributed by atoms with E-state index >= 15 is 0 Å². The van der Waals surface area contributed by atoms with Crippen LogP contribution in [0, 0.1) is 0 Å². The van der Waals surface area contributed by atoms with Gasteiger partial charge in [-0.1, -0.05) is 30.3 Å². The van der Waals surface area contributed by atoms with Crippen molar-refractivity contribution in [2.24, 2.45) is 0 Å². The third kappa shape index (κ3) is 2.96. The highest BCUT2D eigenvalue weighted by Crippen LogP contribution is 2.24. The molecule has 0 spiro atoms. The van der Waals surface area contributed by atoms with Crippen molar-refractivity contribution >= 4 is 17.8 Å². The maximum Gasteiger partial charge on any atom is 0.150 e. The smallest absolute Gasteiger partial charge is 0.150 e. The molecule has 2 aromatic carbocycles. The van der Waals surface area contributed by atoms with Crippen LogP contribution >= 0.6 is 0 Å². The highest BCUT2D eigenvalue weighted by molar-refractivity contribution is 5.87. The predicted molar refractivity (Wildman–Crippen MR) is 86.5 cm³/mol. The Labute approximate surface area is 128 Å². The van der Waals surface area contributed by atoms with Crippen molar-refractivity contribution in [1.29, 1.82) is 0 Å². The van der Waals surface area contributed by atoms with Crippen molar-refractivity contribution in [3.63, 3.8) is 0 Å². The number of hydrogen-bond acceptors (Lipinski definition) is 4. The molecule has 0 unspecified atom stereocenters. The number of benzene rings is 2. The number of aromatic hydroxyl groups is 1. The molecule has 1 heterocycles. The van der Waals surface area contributed by atoms with Crippen LogP contribution in [0.25, 0.3) is 11.1 Å². The molecule has 0 amide bonds. The number of nitrogens with one attached hydrogen (secondary N) is 1. The lowest BCUT2D eigenvalue weighted by Gasteiger charge is -2.08. The van der Waals surface area contributed by atoms with E-state index in [1.165, 1.54) is 0 Å². The van der Waals surface area contributed by atoms with Crippen LogP contribution in [0.2, 0.25) is 0 Å². The zero-order valence-corrected chi connectivity index (χ0v) is 11.7. The third-order valence-electron chi connectivity index (χ3n) is 3.28. The van der Waals surface area contributed by atoms with E-state index in [0.717, 1.165) is 23.1 Å². The zero-order chi connectivity index (χ0) is 15.4. The van der Waals surface area contributed by atoms with Crippen molar-refractivity contribution in [3.05, 3.63) is 72.4 Å². The maximum absolute atomic E-state index is 11.1. The SMILES string of the molecule is O=Cc1ccccc1-c1ccc(Nc2cccc(O)c2)nc1. The second-order valence-electron chi connectivity index (χ2n) is 4.81. The number of anilines is 2. The number of carbonyl (C=O) groups excluding carboxylic acids is 1. The Morgan fingerprint density at radius 2 is 1.86 bits per heavy atom. The van der Waals surface area contributed by atoms with Crippen LogP contribution in [0.1, 0.15) is 10.4 Å². The quantitative estimate of drug-likeness (QED) is 0.713. The van der Waals surface area contributed by atoms with Gasteiger partial charge in [-0.3, -0.25) is 4.79 Å². The van der Waals surface area contributed by atoms with E-state index < -0.39 is 0 Å². The average molecular weight is 290 g/mol. The van der Waals surface area contributed by atoms with Crippen molar-refractivity contribution in [3.8, 4) is 16.9 Å². The first-order valence-corrected chi connectivity index (χ1v) is 6.83. The molecule has 22 heavy (non-hydrogen) atoms. The minimum atomic E-state index is 0.196. The molecule has 0 saturated heterocycles. The highest BCUT2D eigenvalue weighted by Gasteiger charge is 2.04. The monoisotopic (exact) mass is 290 g/mol. The first kappa shape index (κ1) is 13.8. The molecule has 0 saturated carbocycles. The van der Waals surface area contributed by atoms with Crippen LogP contribution in [-0.4, -0.2) is 16.4 Å². The summed E-state index contributed by atoms with van der Waals surface area (Å²) in [5.41, 5.74) is 3.13. The van der Waals surface area contributed by atoms with E-state index in [9.17, 15) is 9.90 Å². The van der Waals surface area contributed by atoms with Crippen LogP contribution in [0.15, 0.2) is 66.9 Å². The molecule has 1 aromatic heterocycles. The Bertz CT molecular complexity index is 798. The summed E-state index contributed by atoms with van der Waals surface area (Å²) in [6, 6.07) is 18.0. The van der Waals surface area contributed by atoms with Gasteiger partial charge in [0, 0.05) is 29.1 Å². The third-order valence-corrected chi connectivity index (χ3v) is 3.28. The second-order valence-corrected chi connectivity index (χ2v) is 4.81. The number of aldehydes is 1. The van der Waals surface area contributed by atoms with Crippen LogP contribution < -0.4 is 5.32 Å². The Hall–Kier alpha value is -3.14. The van der Waals surface area contributed by atoms with Gasteiger partial charge in [-0.2, -0.15) is 0 Å². The highest BCUT2D eigenvalue weighted by atomic mass is 16.3. The van der Waals surface area contributed by atoms with E-state index in [-0.39, 0.29) is 5.75 Å². The molecule has 0 atom stereocenters. The Morgan fingerprint density at radius 3 is 2.59 bits per heavy atom. The van der Waals surface area contributed by atoms with Gasteiger partial charge in [-0.05, 0) is 29.8 Å². The molecule has 108 valence electrons. The number of carbonyl (C=O) groups is 1. The van der Waals surface area contributed by atoms with Gasteiger partial charge in [-0.15, -0.1) is 0 Å². The minimum Gasteiger partial charge on any atom is -0.508 e. The summed E-state index contributed by atoms with van der Waals surface area (Å²) in [7, 11) is 0. The standard InChI is InChI=1S/C18H14N2O2/c21-12-14-4-1-2-7-17(14)13-8-9-18(19-11-13)20-15-5-3-6-16(22)10-15/h1-12,22H,(H,19,20). The van der Waals surface area contributed by atoms with E-state index in [1.807, 2.05) is 36.4 Å². The van der Waals surface area contributed by atoms with E-state index in [0.29, 0.717) is 11.4 Å². The van der Waals surface area contributed by atoms with Crippen LogP contribution in [0.5, 0.6) is 5.75 Å². The molecule has 0 aliphatic rings. The summed E-state index contributed by atoms with van der Waals surface area (Å²) in [6.07, 6.45) is 2.56. The lowest BCUT2D eigenvalue weighted by atomic mass is 10.0. The fourth-order valence-corrected chi connectivity index (χ4v) is 2.22. The van der Waals surface area contributed by atoms with Crippen LogP contribution in [0.3, 0.4) is 0 Å². The van der Waals surface area contributed by atoms with Crippen molar-refractivity contribution in [2.45, 2.75) is 0 Å². The Balaban J connectivity index is 1.85. The molecule has 3 rings (SSSR count). The molecule has 0 bridgehead atoms. The fraction of sp³-hybridized carbons (Fsp3) is 0. The number of aromatic nitrogens is 1. The van der Waals surface area contributed by atoms with Crippen molar-refractivity contribution in [2.75, 3.05) is 5.32 Å². The number of pyridine rings is 1. The van der Waals surface area contributed by atoms with Crippen LogP contribution in [-0.2, 0) is 0 Å². The molecular formula is C18H14N2O2. The largest absolute Gasteiger partial charge is 0.508 e. The molecule has 4 nitrogen and oxygen atoms in total. The number of nitrogens with zero attached hydrogens (tertiary/aromatic N) is 1. The lowest BCUT2D eigenvalue weighted by Crippen LogP contribution is -1.94. The van der Waals surface area contributed by atoms with Gasteiger partial charge in [-0.25, -0.2) is 4.98 Å². The van der Waals surface area contributed by atoms with E-state index in [2.05, 4.69) is 10.3 Å². The summed E-state index contributed by atoms with van der Waals surface area (Å²) in [5, 5.41) is 12.6. The van der Waals surface area contributed by atoms with E-state index in [4.69, 9.17) is 0 Å². The predicted octanol–water partition coefficient (Wildman–Crippen LogP) is 4.01. The average Bonchev–Trinajstić information content (AvgIpc) is 2.56. The van der Waals surface area contributed by atoms with Gasteiger partial charge in [0.05, 0.1) is 0 Å². The first-order valence-electron chi connectivity index (χ1n) is 6.83. The summed E-state index contributed by atoms with van der Waals surface area (Å²) in [5.74, 6) is 0.861. The summed E-state index contributed by atoms with van der Waals surface area (Å²) in [4.78, 5) is 15.4. The van der Waals surface area contributed by atoms with E-state index in [1.54, 1.807) is 30.5 Å². The summed E-state index contributed by atoms with van der Waals surface area (Å²) in [6.45, 7) is 0. The Morgan fingerprint density at radius 1 is 1.00 bits per heavy atom. The number of rotatable bonds is 4. The molecule has 0 aliphatic heterocycles. The van der Waals surface area contributed by atoms with Gasteiger partial charge in [0.15, 0.2) is 6.29 Å². The molecule has 0 aliphatic carbocycles. The van der Waals surface area contributed by atoms with Gasteiger partial charge in [0.1, 0.15) is 11.6 Å². The minimum absolute atomic E-state index is 0.196. The Kier molecular flexibility index (Phi) is 3.83. The molecule has 2 N–H and O–H groups in total. The maximum atomic E-state index is 11.1. The zero-order valence-electron chi connectivity index (χ0n) is 11.7. The van der Waals surface area contributed by atoms with Gasteiger partial charge >= 0.3 is 0 Å². The topological polar surface area (TPSA) is 62.2 Å². The summed E-state index contributed by atoms with van der Waals surface area (Å²) < 4.78 is 0. The normalized spacial score (nSPS) is 10.2. The lowest BCUT2D eigenvalue weighted by molar-refractivity contribution is 0.112. The molecule has 3 aromatic rings. The first-order chi connectivity index (χ1) is 10.8. The van der Waals surface area contributed by atoms with Gasteiger partial charge in [0.25, 0.3) is 0 Å². The number of phenolic OH excluding ortho intramolecular Hbond substituents is 1. The molecule has 4 heteroatoms. The molecular weight excluding hydrogens is 276 g/mol. The summed E-state index contributed by atoms with van der Waals surface area (Å²) >= 11 is 0. The number of hydrogen-bond donors (Lipinski definition) is 2. The molecule has 0 radical (unpaired) electrons. The van der Waals surface area contributed by atoms with Gasteiger partial charge < -0.3 is 10.4 Å². The fourth-order valence-electron chi connectivity index (χ4n) is 2.22. The van der Waals surface area contributed by atoms with Crippen molar-refractivity contribution in [1.82, 2.24) is 4.98 Å². The van der Waals surface area contributed by atoms with Gasteiger partial charge in [0.2, 0.25) is 0 Å². The van der Waals surface area contributed by atoms with Crippen molar-refractivity contribution < 1.29 is 9.90 Å². The van der Waals surface area contributed by atoms with Crippen LogP contribution in [0.4, 0.5) is 11.5 Å².